The van der Waals surface area contributed by atoms with E-state index in [0.717, 1.165) is 12.8 Å². The molecular formula is C20H38O3Si. The van der Waals surface area contributed by atoms with Crippen molar-refractivity contribution in [1.29, 1.82) is 0 Å². The number of aliphatic hydroxyl groups is 1. The molecule has 0 aliphatic heterocycles. The minimum absolute atomic E-state index is 0.0303. The first kappa shape index (κ1) is 21.6. The molecule has 24 heavy (non-hydrogen) atoms. The van der Waals surface area contributed by atoms with E-state index in [2.05, 4.69) is 52.9 Å². The highest BCUT2D eigenvalue weighted by molar-refractivity contribution is 6.74. The van der Waals surface area contributed by atoms with Crippen molar-refractivity contribution in [1.82, 2.24) is 0 Å². The fourth-order valence-corrected chi connectivity index (χ4v) is 4.32. The molecule has 0 aromatic heterocycles. The van der Waals surface area contributed by atoms with Crippen molar-refractivity contribution in [3.05, 3.63) is 12.2 Å². The van der Waals surface area contributed by atoms with Gasteiger partial charge in [0.05, 0.1) is 12.7 Å². The van der Waals surface area contributed by atoms with Gasteiger partial charge in [-0.25, -0.2) is 0 Å². The van der Waals surface area contributed by atoms with E-state index in [1.54, 1.807) is 0 Å². The fraction of sp³-hybridized carbons (Fsp3) is 0.850. The summed E-state index contributed by atoms with van der Waals surface area (Å²) in [5.74, 6) is 0.185. The topological polar surface area (TPSA) is 46.5 Å². The van der Waals surface area contributed by atoms with Gasteiger partial charge in [0.15, 0.2) is 8.32 Å². The smallest absolute Gasteiger partial charge is 0.192 e. The monoisotopic (exact) mass is 354 g/mol. The maximum absolute atomic E-state index is 11.8. The highest BCUT2D eigenvalue weighted by Crippen LogP contribution is 2.38. The normalized spacial score (nSPS) is 24.0. The molecule has 1 aliphatic carbocycles. The summed E-state index contributed by atoms with van der Waals surface area (Å²) in [6.45, 7) is 13.6. The Morgan fingerprint density at radius 3 is 2.54 bits per heavy atom. The molecule has 1 N–H and O–H groups in total. The number of allylic oxidation sites excluding steroid dienone is 1. The summed E-state index contributed by atoms with van der Waals surface area (Å²) in [5, 5.41) is 9.65. The summed E-state index contributed by atoms with van der Waals surface area (Å²) in [4.78, 5) is 11.8. The lowest BCUT2D eigenvalue weighted by Crippen LogP contribution is -2.43. The SMILES string of the molecule is CCCCC[C@@H](C=CC1CCC(=O)C1CO)O[Si](C)(C)C(C)(C)C. The average Bonchev–Trinajstić information content (AvgIpc) is 2.83. The molecule has 2 unspecified atom stereocenters. The molecule has 3 nitrogen and oxygen atoms in total. The first-order chi connectivity index (χ1) is 11.1. The first-order valence-electron chi connectivity index (χ1n) is 9.62. The molecule has 1 fully saturated rings. The van der Waals surface area contributed by atoms with E-state index in [9.17, 15) is 9.90 Å². The van der Waals surface area contributed by atoms with Gasteiger partial charge in [-0.3, -0.25) is 4.79 Å². The highest BCUT2D eigenvalue weighted by Gasteiger charge is 2.39. The van der Waals surface area contributed by atoms with E-state index in [1.807, 2.05) is 0 Å². The molecule has 1 rings (SSSR count). The number of aliphatic hydroxyl groups excluding tert-OH is 1. The summed E-state index contributed by atoms with van der Waals surface area (Å²) >= 11 is 0. The molecule has 0 heterocycles. The van der Waals surface area contributed by atoms with E-state index >= 15 is 0 Å². The first-order valence-corrected chi connectivity index (χ1v) is 12.5. The molecule has 0 spiro atoms. The van der Waals surface area contributed by atoms with Crippen LogP contribution in [-0.4, -0.2) is 31.9 Å². The third-order valence-corrected chi connectivity index (χ3v) is 10.3. The average molecular weight is 355 g/mol. The van der Waals surface area contributed by atoms with Crippen molar-refractivity contribution < 1.29 is 14.3 Å². The molecule has 0 saturated heterocycles. The van der Waals surface area contributed by atoms with Crippen LogP contribution in [0.1, 0.15) is 66.2 Å². The molecule has 0 aromatic rings. The number of hydrogen-bond donors (Lipinski definition) is 1. The van der Waals surface area contributed by atoms with Gasteiger partial charge in [0.1, 0.15) is 5.78 Å². The predicted octanol–water partition coefficient (Wildman–Crippen LogP) is 5.10. The van der Waals surface area contributed by atoms with E-state index in [1.165, 1.54) is 19.3 Å². The fourth-order valence-electron chi connectivity index (χ4n) is 3.01. The zero-order valence-electron chi connectivity index (χ0n) is 16.6. The van der Waals surface area contributed by atoms with E-state index in [-0.39, 0.29) is 35.4 Å². The van der Waals surface area contributed by atoms with Crippen molar-refractivity contribution in [2.24, 2.45) is 11.8 Å². The van der Waals surface area contributed by atoms with Crippen LogP contribution in [0.5, 0.6) is 0 Å². The maximum atomic E-state index is 11.8. The van der Waals surface area contributed by atoms with Crippen LogP contribution in [0, 0.1) is 11.8 Å². The van der Waals surface area contributed by atoms with Gasteiger partial charge < -0.3 is 9.53 Å². The Kier molecular flexibility index (Phi) is 8.37. The lowest BCUT2D eigenvalue weighted by Gasteiger charge is -2.38. The Bertz CT molecular complexity index is 423. The standard InChI is InChI=1S/C20H38O3Si/c1-7-8-9-10-17(23-24(5,6)20(2,3)4)13-11-16-12-14-19(22)18(16)15-21/h11,13,16-18,21H,7-10,12,14-15H2,1-6H3/t16?,17-,18?/m0/s1. The Morgan fingerprint density at radius 2 is 2.00 bits per heavy atom. The third-order valence-electron chi connectivity index (χ3n) is 5.77. The van der Waals surface area contributed by atoms with Crippen LogP contribution >= 0.6 is 0 Å². The Morgan fingerprint density at radius 1 is 1.33 bits per heavy atom. The molecule has 3 atom stereocenters. The van der Waals surface area contributed by atoms with Crippen molar-refractivity contribution >= 4 is 14.1 Å². The van der Waals surface area contributed by atoms with Crippen LogP contribution in [0.25, 0.3) is 0 Å². The molecule has 0 aromatic carbocycles. The minimum atomic E-state index is -1.81. The van der Waals surface area contributed by atoms with Gasteiger partial charge in [0, 0.05) is 12.3 Å². The van der Waals surface area contributed by atoms with Crippen LogP contribution in [0.4, 0.5) is 0 Å². The molecule has 0 radical (unpaired) electrons. The molecule has 4 heteroatoms. The van der Waals surface area contributed by atoms with E-state index in [4.69, 9.17) is 4.43 Å². The quantitative estimate of drug-likeness (QED) is 0.356. The van der Waals surface area contributed by atoms with Crippen LogP contribution in [-0.2, 0) is 9.22 Å². The zero-order chi connectivity index (χ0) is 18.4. The van der Waals surface area contributed by atoms with Crippen LogP contribution in [0.15, 0.2) is 12.2 Å². The van der Waals surface area contributed by atoms with Crippen molar-refractivity contribution in [3.8, 4) is 0 Å². The number of carbonyl (C=O) groups is 1. The van der Waals surface area contributed by atoms with Crippen LogP contribution < -0.4 is 0 Å². The summed E-state index contributed by atoms with van der Waals surface area (Å²) in [6, 6.07) is 0. The Labute approximate surface area is 150 Å². The second-order valence-corrected chi connectivity index (χ2v) is 13.5. The number of rotatable bonds is 9. The summed E-state index contributed by atoms with van der Waals surface area (Å²) in [6.07, 6.45) is 10.6. The summed E-state index contributed by atoms with van der Waals surface area (Å²) in [7, 11) is -1.81. The van der Waals surface area contributed by atoms with Crippen molar-refractivity contribution in [2.75, 3.05) is 6.61 Å². The van der Waals surface area contributed by atoms with Gasteiger partial charge in [-0.05, 0) is 36.9 Å². The van der Waals surface area contributed by atoms with E-state index in [0.29, 0.717) is 6.42 Å². The molecule has 140 valence electrons. The number of Topliss-reactive ketones (excluding diaryl/α,β-unsaturated/α-hetero) is 1. The Balaban J connectivity index is 2.78. The van der Waals surface area contributed by atoms with Gasteiger partial charge in [0.25, 0.3) is 0 Å². The lowest BCUT2D eigenvalue weighted by molar-refractivity contribution is -0.122. The predicted molar refractivity (Wildman–Crippen MR) is 104 cm³/mol. The van der Waals surface area contributed by atoms with E-state index < -0.39 is 8.32 Å². The van der Waals surface area contributed by atoms with Gasteiger partial charge in [-0.1, -0.05) is 59.1 Å². The van der Waals surface area contributed by atoms with Gasteiger partial charge in [-0.2, -0.15) is 0 Å². The molecule has 1 saturated carbocycles. The van der Waals surface area contributed by atoms with Crippen LogP contribution in [0.3, 0.4) is 0 Å². The largest absolute Gasteiger partial charge is 0.411 e. The number of carbonyl (C=O) groups excluding carboxylic acids is 1. The number of ketones is 1. The third kappa shape index (κ3) is 6.12. The second kappa shape index (κ2) is 9.30. The molecule has 0 amide bonds. The van der Waals surface area contributed by atoms with Crippen molar-refractivity contribution in [3.63, 3.8) is 0 Å². The number of unbranched alkanes of at least 4 members (excludes halogenated alkanes) is 2. The van der Waals surface area contributed by atoms with Crippen molar-refractivity contribution in [2.45, 2.75) is 90.5 Å². The molecular weight excluding hydrogens is 316 g/mol. The number of hydrogen-bond acceptors (Lipinski definition) is 3. The molecule has 1 aliphatic rings. The zero-order valence-corrected chi connectivity index (χ0v) is 17.6. The minimum Gasteiger partial charge on any atom is -0.411 e. The lowest BCUT2D eigenvalue weighted by atomic mass is 9.95. The maximum Gasteiger partial charge on any atom is 0.192 e. The second-order valence-electron chi connectivity index (χ2n) is 8.76. The summed E-state index contributed by atoms with van der Waals surface area (Å²) < 4.78 is 6.61. The van der Waals surface area contributed by atoms with Gasteiger partial charge >= 0.3 is 0 Å². The molecule has 0 bridgehead atoms. The van der Waals surface area contributed by atoms with Crippen LogP contribution in [0.2, 0.25) is 18.1 Å². The Hall–Kier alpha value is -0.453. The highest BCUT2D eigenvalue weighted by atomic mass is 28.4. The summed E-state index contributed by atoms with van der Waals surface area (Å²) in [5.41, 5.74) is 0. The van der Waals surface area contributed by atoms with Gasteiger partial charge in [0.2, 0.25) is 0 Å². The van der Waals surface area contributed by atoms with Gasteiger partial charge in [-0.15, -0.1) is 0 Å².